The molecule has 0 bridgehead atoms. The Morgan fingerprint density at radius 3 is 2.52 bits per heavy atom. The molecule has 0 aliphatic carbocycles. The second kappa shape index (κ2) is 7.06. The Balaban J connectivity index is 2.23. The Morgan fingerprint density at radius 1 is 1.24 bits per heavy atom. The van der Waals surface area contributed by atoms with Gasteiger partial charge in [0.05, 0.1) is 21.7 Å². The van der Waals surface area contributed by atoms with Gasteiger partial charge in [0, 0.05) is 18.7 Å². The first-order chi connectivity index (χ1) is 10.1. The van der Waals surface area contributed by atoms with Crippen LogP contribution in [0.5, 0.6) is 0 Å². The van der Waals surface area contributed by atoms with Crippen molar-refractivity contribution >= 4 is 23.0 Å². The van der Waals surface area contributed by atoms with Crippen molar-refractivity contribution in [3.63, 3.8) is 0 Å². The van der Waals surface area contributed by atoms with Gasteiger partial charge >= 0.3 is 0 Å². The number of nitrogens with zero attached hydrogens (tertiary/aromatic N) is 1. The first-order valence-corrected chi connectivity index (χ1v) is 6.86. The van der Waals surface area contributed by atoms with Gasteiger partial charge in [-0.2, -0.15) is 0 Å². The second-order valence-corrected chi connectivity index (χ2v) is 4.95. The molecule has 0 aromatic heterocycles. The number of aliphatic hydroxyl groups excluding tert-OH is 1. The Bertz CT molecular complexity index is 620. The van der Waals surface area contributed by atoms with E-state index in [0.717, 1.165) is 5.56 Å². The van der Waals surface area contributed by atoms with Crippen molar-refractivity contribution in [3.05, 3.63) is 69.2 Å². The van der Waals surface area contributed by atoms with Crippen molar-refractivity contribution in [1.82, 2.24) is 0 Å². The number of anilines is 1. The number of rotatable bonds is 6. The van der Waals surface area contributed by atoms with Crippen LogP contribution in [0.4, 0.5) is 11.4 Å². The third kappa shape index (κ3) is 3.93. The Morgan fingerprint density at radius 2 is 1.95 bits per heavy atom. The van der Waals surface area contributed by atoms with Crippen LogP contribution in [0.3, 0.4) is 0 Å². The maximum absolute atomic E-state index is 10.7. The minimum atomic E-state index is -0.488. The molecule has 0 radical (unpaired) electrons. The fraction of sp³-hybridized carbons (Fsp3) is 0.200. The number of nitrogens with one attached hydrogen (secondary N) is 1. The predicted octanol–water partition coefficient (Wildman–Crippen LogP) is 3.78. The number of nitro benzene ring substituents is 1. The van der Waals surface area contributed by atoms with Crippen LogP contribution in [0, 0.1) is 10.1 Å². The zero-order valence-corrected chi connectivity index (χ0v) is 12.0. The summed E-state index contributed by atoms with van der Waals surface area (Å²) in [7, 11) is 0. The summed E-state index contributed by atoms with van der Waals surface area (Å²) in [5.74, 6) is 0. The van der Waals surface area contributed by atoms with Gasteiger partial charge in [0.1, 0.15) is 0 Å². The summed E-state index contributed by atoms with van der Waals surface area (Å²) >= 11 is 6.08. The molecule has 0 fully saturated rings. The fourth-order valence-electron chi connectivity index (χ4n) is 2.06. The van der Waals surface area contributed by atoms with E-state index in [9.17, 15) is 15.2 Å². The molecule has 1 atom stereocenters. The molecule has 2 N–H and O–H groups in total. The maximum atomic E-state index is 10.7. The average molecular weight is 307 g/mol. The number of hydrogen-bond acceptors (Lipinski definition) is 4. The molecule has 0 heterocycles. The standard InChI is InChI=1S/C15H15ClN2O3/c16-13-10-12(18(20)21)6-7-15(13)17-14(8-9-19)11-4-2-1-3-5-11/h1-7,10,14,17,19H,8-9H2/t14-/m0/s1. The predicted molar refractivity (Wildman–Crippen MR) is 82.6 cm³/mol. The molecule has 0 saturated heterocycles. The molecule has 0 unspecified atom stereocenters. The minimum absolute atomic E-state index is 0.0250. The summed E-state index contributed by atoms with van der Waals surface area (Å²) in [5, 5.41) is 23.4. The molecule has 0 aliphatic rings. The van der Waals surface area contributed by atoms with E-state index in [0.29, 0.717) is 12.1 Å². The van der Waals surface area contributed by atoms with Crippen molar-refractivity contribution in [1.29, 1.82) is 0 Å². The van der Waals surface area contributed by atoms with Gasteiger partial charge < -0.3 is 10.4 Å². The zero-order chi connectivity index (χ0) is 15.2. The smallest absolute Gasteiger partial charge is 0.271 e. The highest BCUT2D eigenvalue weighted by Crippen LogP contribution is 2.30. The van der Waals surface area contributed by atoms with Gasteiger partial charge in [0.25, 0.3) is 5.69 Å². The Hall–Kier alpha value is -2.11. The van der Waals surface area contributed by atoms with Gasteiger partial charge in [-0.3, -0.25) is 10.1 Å². The van der Waals surface area contributed by atoms with Crippen molar-refractivity contribution in [2.45, 2.75) is 12.5 Å². The molecule has 21 heavy (non-hydrogen) atoms. The molecule has 2 rings (SSSR count). The maximum Gasteiger partial charge on any atom is 0.271 e. The molecule has 0 amide bonds. The number of benzene rings is 2. The van der Waals surface area contributed by atoms with E-state index in [1.165, 1.54) is 12.1 Å². The van der Waals surface area contributed by atoms with Crippen LogP contribution in [0.1, 0.15) is 18.0 Å². The van der Waals surface area contributed by atoms with Crippen LogP contribution >= 0.6 is 11.6 Å². The minimum Gasteiger partial charge on any atom is -0.396 e. The number of non-ortho nitro benzene ring substituents is 1. The van der Waals surface area contributed by atoms with E-state index >= 15 is 0 Å². The first-order valence-electron chi connectivity index (χ1n) is 6.48. The lowest BCUT2D eigenvalue weighted by molar-refractivity contribution is -0.384. The van der Waals surface area contributed by atoms with Crippen LogP contribution in [0.25, 0.3) is 0 Å². The van der Waals surface area contributed by atoms with Crippen LogP contribution in [-0.2, 0) is 0 Å². The summed E-state index contributed by atoms with van der Waals surface area (Å²) in [6, 6.07) is 13.8. The van der Waals surface area contributed by atoms with E-state index < -0.39 is 4.92 Å². The molecule has 110 valence electrons. The van der Waals surface area contributed by atoms with Gasteiger partial charge in [-0.15, -0.1) is 0 Å². The van der Waals surface area contributed by atoms with Crippen LogP contribution in [-0.4, -0.2) is 16.6 Å². The second-order valence-electron chi connectivity index (χ2n) is 4.54. The highest BCUT2D eigenvalue weighted by molar-refractivity contribution is 6.33. The summed E-state index contributed by atoms with van der Waals surface area (Å²) in [4.78, 5) is 10.2. The van der Waals surface area contributed by atoms with E-state index in [4.69, 9.17) is 11.6 Å². The summed E-state index contributed by atoms with van der Waals surface area (Å²) in [6.07, 6.45) is 0.511. The zero-order valence-electron chi connectivity index (χ0n) is 11.2. The highest BCUT2D eigenvalue weighted by Gasteiger charge is 2.14. The Labute approximate surface area is 127 Å². The molecule has 2 aromatic carbocycles. The van der Waals surface area contributed by atoms with Crippen molar-refractivity contribution in [2.24, 2.45) is 0 Å². The van der Waals surface area contributed by atoms with E-state index in [2.05, 4.69) is 5.32 Å². The van der Waals surface area contributed by atoms with E-state index in [-0.39, 0.29) is 23.4 Å². The topological polar surface area (TPSA) is 75.4 Å². The SMILES string of the molecule is O=[N+]([O-])c1ccc(N[C@@H](CCO)c2ccccc2)c(Cl)c1. The lowest BCUT2D eigenvalue weighted by Gasteiger charge is -2.20. The average Bonchev–Trinajstić information content (AvgIpc) is 2.49. The highest BCUT2D eigenvalue weighted by atomic mass is 35.5. The monoisotopic (exact) mass is 306 g/mol. The number of halogens is 1. The van der Waals surface area contributed by atoms with E-state index in [1.54, 1.807) is 6.07 Å². The molecule has 6 heteroatoms. The summed E-state index contributed by atoms with van der Waals surface area (Å²) in [6.45, 7) is 0.0250. The molecule has 2 aromatic rings. The third-order valence-electron chi connectivity index (χ3n) is 3.11. The number of nitro groups is 1. The lowest BCUT2D eigenvalue weighted by Crippen LogP contribution is -2.12. The van der Waals surface area contributed by atoms with Crippen molar-refractivity contribution in [2.75, 3.05) is 11.9 Å². The summed E-state index contributed by atoms with van der Waals surface area (Å²) in [5.41, 5.74) is 1.56. The normalized spacial score (nSPS) is 11.9. The summed E-state index contributed by atoms with van der Waals surface area (Å²) < 4.78 is 0. The molecule has 0 saturated carbocycles. The third-order valence-corrected chi connectivity index (χ3v) is 3.43. The van der Waals surface area contributed by atoms with Gasteiger partial charge in [-0.1, -0.05) is 41.9 Å². The van der Waals surface area contributed by atoms with Gasteiger partial charge in [0.15, 0.2) is 0 Å². The van der Waals surface area contributed by atoms with Crippen molar-refractivity contribution < 1.29 is 10.0 Å². The fourth-order valence-corrected chi connectivity index (χ4v) is 2.29. The van der Waals surface area contributed by atoms with E-state index in [1.807, 2.05) is 30.3 Å². The quantitative estimate of drug-likeness (QED) is 0.629. The first kappa shape index (κ1) is 15.3. The molecular formula is C15H15ClN2O3. The van der Waals surface area contributed by atoms with Gasteiger partial charge in [-0.05, 0) is 18.1 Å². The van der Waals surface area contributed by atoms with Crippen LogP contribution in [0.2, 0.25) is 5.02 Å². The van der Waals surface area contributed by atoms with Crippen molar-refractivity contribution in [3.8, 4) is 0 Å². The number of hydrogen-bond donors (Lipinski definition) is 2. The van der Waals surface area contributed by atoms with Gasteiger partial charge in [0.2, 0.25) is 0 Å². The largest absolute Gasteiger partial charge is 0.396 e. The van der Waals surface area contributed by atoms with Gasteiger partial charge in [-0.25, -0.2) is 0 Å². The molecule has 0 spiro atoms. The number of aliphatic hydroxyl groups is 1. The molecule has 5 nitrogen and oxygen atoms in total. The van der Waals surface area contributed by atoms with Crippen LogP contribution < -0.4 is 5.32 Å². The lowest BCUT2D eigenvalue weighted by atomic mass is 10.0. The molecular weight excluding hydrogens is 292 g/mol. The molecule has 0 aliphatic heterocycles. The van der Waals surface area contributed by atoms with Crippen LogP contribution in [0.15, 0.2) is 48.5 Å². The Kier molecular flexibility index (Phi) is 5.14.